The Bertz CT molecular complexity index is 746. The second-order valence-corrected chi connectivity index (χ2v) is 4.84. The van der Waals surface area contributed by atoms with Crippen molar-refractivity contribution in [2.24, 2.45) is 0 Å². The van der Waals surface area contributed by atoms with Gasteiger partial charge in [-0.05, 0) is 19.9 Å². The zero-order valence-corrected chi connectivity index (χ0v) is 13.2. The molecule has 0 saturated carbocycles. The van der Waals surface area contributed by atoms with E-state index < -0.39 is 11.9 Å². The maximum absolute atomic E-state index is 12.2. The summed E-state index contributed by atoms with van der Waals surface area (Å²) in [5, 5.41) is 11.6. The Labute approximate surface area is 133 Å². The molecule has 0 aromatic carbocycles. The summed E-state index contributed by atoms with van der Waals surface area (Å²) in [6, 6.07) is 3.15. The van der Waals surface area contributed by atoms with E-state index in [4.69, 9.17) is 9.47 Å². The molecule has 23 heavy (non-hydrogen) atoms. The van der Waals surface area contributed by atoms with Crippen molar-refractivity contribution in [1.82, 2.24) is 4.98 Å². The summed E-state index contributed by atoms with van der Waals surface area (Å²) in [6.45, 7) is 3.27. The van der Waals surface area contributed by atoms with Crippen molar-refractivity contribution in [3.63, 3.8) is 0 Å². The molecule has 2 rings (SSSR count). The van der Waals surface area contributed by atoms with Crippen molar-refractivity contribution in [3.05, 3.63) is 52.2 Å². The van der Waals surface area contributed by atoms with Gasteiger partial charge in [0.15, 0.2) is 12.4 Å². The highest BCUT2D eigenvalue weighted by Gasteiger charge is 2.28. The SMILES string of the molecule is COC(=O)c1c(C)nc(C)c(C(=O)OC)c1-c1ccc[n+]([O-])c1. The number of esters is 2. The lowest BCUT2D eigenvalue weighted by Crippen LogP contribution is -2.25. The lowest BCUT2D eigenvalue weighted by Gasteiger charge is -2.16. The van der Waals surface area contributed by atoms with Crippen molar-refractivity contribution < 1.29 is 23.8 Å². The van der Waals surface area contributed by atoms with Gasteiger partial charge in [-0.1, -0.05) is 0 Å². The second kappa shape index (κ2) is 6.43. The van der Waals surface area contributed by atoms with Crippen LogP contribution in [0.5, 0.6) is 0 Å². The van der Waals surface area contributed by atoms with Gasteiger partial charge in [0.25, 0.3) is 0 Å². The van der Waals surface area contributed by atoms with E-state index in [0.29, 0.717) is 21.7 Å². The number of hydrogen-bond donors (Lipinski definition) is 0. The van der Waals surface area contributed by atoms with Gasteiger partial charge in [-0.3, -0.25) is 4.98 Å². The Morgan fingerprint density at radius 2 is 1.61 bits per heavy atom. The number of aryl methyl sites for hydroxylation is 2. The molecule has 7 nitrogen and oxygen atoms in total. The number of ether oxygens (including phenoxy) is 2. The number of rotatable bonds is 3. The van der Waals surface area contributed by atoms with Gasteiger partial charge >= 0.3 is 11.9 Å². The van der Waals surface area contributed by atoms with E-state index in [1.54, 1.807) is 19.9 Å². The molecule has 2 aromatic rings. The quantitative estimate of drug-likeness (QED) is 0.485. The van der Waals surface area contributed by atoms with Gasteiger partial charge in [-0.15, -0.1) is 0 Å². The van der Waals surface area contributed by atoms with E-state index in [2.05, 4.69) is 4.98 Å². The minimum Gasteiger partial charge on any atom is -0.619 e. The number of aromatic nitrogens is 2. The molecule has 0 aliphatic rings. The third-order valence-corrected chi connectivity index (χ3v) is 3.40. The number of methoxy groups -OCH3 is 2. The highest BCUT2D eigenvalue weighted by atomic mass is 16.5. The molecule has 120 valence electrons. The zero-order chi connectivity index (χ0) is 17.1. The molecule has 0 atom stereocenters. The Morgan fingerprint density at radius 3 is 2.04 bits per heavy atom. The van der Waals surface area contributed by atoms with Crippen LogP contribution in [0.25, 0.3) is 11.1 Å². The summed E-state index contributed by atoms with van der Waals surface area (Å²) in [5.74, 6) is -1.28. The van der Waals surface area contributed by atoms with Crippen molar-refractivity contribution in [2.45, 2.75) is 13.8 Å². The van der Waals surface area contributed by atoms with Gasteiger partial charge in [0.2, 0.25) is 0 Å². The lowest BCUT2D eigenvalue weighted by atomic mass is 9.93. The van der Waals surface area contributed by atoms with Gasteiger partial charge < -0.3 is 14.7 Å². The van der Waals surface area contributed by atoms with Gasteiger partial charge in [-0.25, -0.2) is 9.59 Å². The number of hydrogen-bond acceptors (Lipinski definition) is 6. The highest BCUT2D eigenvalue weighted by Crippen LogP contribution is 2.31. The Balaban J connectivity index is 2.93. The fourth-order valence-electron chi connectivity index (χ4n) is 2.45. The van der Waals surface area contributed by atoms with Crippen LogP contribution >= 0.6 is 0 Å². The average molecular weight is 316 g/mol. The summed E-state index contributed by atoms with van der Waals surface area (Å²) in [7, 11) is 2.48. The molecule has 0 aliphatic carbocycles. The first kappa shape index (κ1) is 16.4. The first-order valence-corrected chi connectivity index (χ1v) is 6.77. The standard InChI is InChI=1S/C16H16N2O5/c1-9-12(15(19)22-3)14(11-6-5-7-18(21)8-11)13(10(2)17-9)16(20)23-4/h5-8H,1-4H3. The summed E-state index contributed by atoms with van der Waals surface area (Å²) in [6.07, 6.45) is 2.58. The van der Waals surface area contributed by atoms with E-state index >= 15 is 0 Å². The number of nitrogens with zero attached hydrogens (tertiary/aromatic N) is 2. The molecule has 0 bridgehead atoms. The fourth-order valence-corrected chi connectivity index (χ4v) is 2.45. The van der Waals surface area contributed by atoms with Crippen molar-refractivity contribution in [2.75, 3.05) is 14.2 Å². The zero-order valence-electron chi connectivity index (χ0n) is 13.2. The van der Waals surface area contributed by atoms with Crippen molar-refractivity contribution in [3.8, 4) is 11.1 Å². The fraction of sp³-hybridized carbons (Fsp3) is 0.250. The minimum atomic E-state index is -0.642. The largest absolute Gasteiger partial charge is 0.619 e. The third-order valence-electron chi connectivity index (χ3n) is 3.40. The van der Waals surface area contributed by atoms with Gasteiger partial charge in [0.1, 0.15) is 0 Å². The molecule has 0 fully saturated rings. The number of carbonyl (C=O) groups excluding carboxylic acids is 2. The molecule has 2 heterocycles. The summed E-state index contributed by atoms with van der Waals surface area (Å²) < 4.78 is 10.2. The lowest BCUT2D eigenvalue weighted by molar-refractivity contribution is -0.604. The molecule has 0 amide bonds. The monoisotopic (exact) mass is 316 g/mol. The van der Waals surface area contributed by atoms with Crippen LogP contribution in [0.4, 0.5) is 0 Å². The molecular weight excluding hydrogens is 300 g/mol. The van der Waals surface area contributed by atoms with E-state index in [1.165, 1.54) is 32.7 Å². The molecule has 0 unspecified atom stereocenters. The van der Waals surface area contributed by atoms with Gasteiger partial charge in [0.05, 0.1) is 36.7 Å². The van der Waals surface area contributed by atoms with E-state index in [9.17, 15) is 14.8 Å². The minimum absolute atomic E-state index is 0.129. The maximum atomic E-state index is 12.2. The van der Waals surface area contributed by atoms with Crippen molar-refractivity contribution in [1.29, 1.82) is 0 Å². The number of pyridine rings is 2. The Morgan fingerprint density at radius 1 is 1.09 bits per heavy atom. The molecule has 7 heteroatoms. The van der Waals surface area contributed by atoms with E-state index in [-0.39, 0.29) is 16.7 Å². The van der Waals surface area contributed by atoms with Gasteiger partial charge in [0, 0.05) is 17.2 Å². The van der Waals surface area contributed by atoms with Crippen LogP contribution in [0, 0.1) is 19.1 Å². The summed E-state index contributed by atoms with van der Waals surface area (Å²) in [5.41, 5.74) is 1.74. The van der Waals surface area contributed by atoms with Gasteiger partial charge in [-0.2, -0.15) is 4.73 Å². The number of carbonyl (C=O) groups is 2. The Kier molecular flexibility index (Phi) is 4.59. The third kappa shape index (κ3) is 2.98. The Hall–Kier alpha value is -2.96. The molecule has 0 aliphatic heterocycles. The van der Waals surface area contributed by atoms with E-state index in [0.717, 1.165) is 0 Å². The van der Waals surface area contributed by atoms with Crippen LogP contribution in [0.2, 0.25) is 0 Å². The molecule has 0 saturated heterocycles. The van der Waals surface area contributed by atoms with E-state index in [1.807, 2.05) is 0 Å². The van der Waals surface area contributed by atoms with Crippen LogP contribution in [0.15, 0.2) is 24.5 Å². The molecule has 0 radical (unpaired) electrons. The van der Waals surface area contributed by atoms with Crippen molar-refractivity contribution >= 4 is 11.9 Å². The van der Waals surface area contributed by atoms with Crippen LogP contribution in [-0.4, -0.2) is 31.1 Å². The average Bonchev–Trinajstić information content (AvgIpc) is 2.52. The van der Waals surface area contributed by atoms with Crippen LogP contribution < -0.4 is 4.73 Å². The first-order chi connectivity index (χ1) is 10.9. The first-order valence-electron chi connectivity index (χ1n) is 6.77. The summed E-state index contributed by atoms with van der Waals surface area (Å²) in [4.78, 5) is 28.6. The smallest absolute Gasteiger partial charge is 0.340 e. The molecule has 2 aromatic heterocycles. The van der Waals surface area contributed by atoms with Crippen LogP contribution in [-0.2, 0) is 9.47 Å². The van der Waals surface area contributed by atoms with Crippen LogP contribution in [0.1, 0.15) is 32.1 Å². The highest BCUT2D eigenvalue weighted by molar-refractivity contribution is 6.07. The normalized spacial score (nSPS) is 10.3. The topological polar surface area (TPSA) is 92.4 Å². The maximum Gasteiger partial charge on any atom is 0.340 e. The molecular formula is C16H16N2O5. The molecule has 0 N–H and O–H groups in total. The molecule has 0 spiro atoms. The predicted octanol–water partition coefficient (Wildman–Crippen LogP) is 1.57. The second-order valence-electron chi connectivity index (χ2n) is 4.84. The summed E-state index contributed by atoms with van der Waals surface area (Å²) >= 11 is 0. The van der Waals surface area contributed by atoms with Crippen LogP contribution in [0.3, 0.4) is 0 Å². The predicted molar refractivity (Wildman–Crippen MR) is 80.8 cm³/mol.